The Bertz CT molecular complexity index is 515. The van der Waals surface area contributed by atoms with Gasteiger partial charge in [0, 0.05) is 10.7 Å². The summed E-state index contributed by atoms with van der Waals surface area (Å²) >= 11 is 6.20. The van der Waals surface area contributed by atoms with Crippen molar-refractivity contribution in [3.63, 3.8) is 0 Å². The molecule has 1 aromatic heterocycles. The molecule has 0 saturated carbocycles. The first kappa shape index (κ1) is 11.2. The highest BCUT2D eigenvalue weighted by Crippen LogP contribution is 2.19. The van der Waals surface area contributed by atoms with Crippen molar-refractivity contribution in [1.29, 1.82) is 0 Å². The first-order chi connectivity index (χ1) is 7.58. The average molecular weight is 235 g/mol. The number of rotatable bonds is 2. The number of imidazole rings is 1. The zero-order valence-corrected chi connectivity index (χ0v) is 10.5. The fraction of sp³-hybridized carbons (Fsp3) is 0.308. The summed E-state index contributed by atoms with van der Waals surface area (Å²) in [6.07, 6.45) is 1.86. The van der Waals surface area contributed by atoms with Crippen LogP contribution < -0.4 is 0 Å². The van der Waals surface area contributed by atoms with Crippen molar-refractivity contribution in [2.75, 3.05) is 0 Å². The van der Waals surface area contributed by atoms with Gasteiger partial charge in [-0.3, -0.25) is 0 Å². The minimum atomic E-state index is 0.784. The molecular formula is C13H15ClN2. The van der Waals surface area contributed by atoms with Gasteiger partial charge in [-0.1, -0.05) is 23.7 Å². The summed E-state index contributed by atoms with van der Waals surface area (Å²) in [4.78, 5) is 4.28. The van der Waals surface area contributed by atoms with Crippen molar-refractivity contribution in [3.05, 3.63) is 52.1 Å². The summed E-state index contributed by atoms with van der Waals surface area (Å²) in [5.41, 5.74) is 4.58. The standard InChI is InChI=1S/C13H15ClN2/c1-9-4-5-12(13(14)6-9)7-16-8-15-10(2)11(16)3/h4-6,8H,7H2,1-3H3. The molecular weight excluding hydrogens is 220 g/mol. The number of nitrogens with zero attached hydrogens (tertiary/aromatic N) is 2. The predicted molar refractivity (Wildman–Crippen MR) is 67.0 cm³/mol. The zero-order chi connectivity index (χ0) is 11.7. The Labute approximate surface area is 101 Å². The highest BCUT2D eigenvalue weighted by Gasteiger charge is 2.05. The molecule has 2 nitrogen and oxygen atoms in total. The molecule has 0 atom stereocenters. The Morgan fingerprint density at radius 2 is 2.00 bits per heavy atom. The molecule has 2 aromatic rings. The van der Waals surface area contributed by atoms with Crippen LogP contribution in [-0.4, -0.2) is 9.55 Å². The maximum absolute atomic E-state index is 6.20. The topological polar surface area (TPSA) is 17.8 Å². The van der Waals surface area contributed by atoms with Gasteiger partial charge in [0.25, 0.3) is 0 Å². The number of hydrogen-bond acceptors (Lipinski definition) is 1. The molecule has 2 rings (SSSR count). The lowest BCUT2D eigenvalue weighted by atomic mass is 10.1. The van der Waals surface area contributed by atoms with E-state index in [1.807, 2.05) is 26.2 Å². The highest BCUT2D eigenvalue weighted by atomic mass is 35.5. The van der Waals surface area contributed by atoms with E-state index in [4.69, 9.17) is 11.6 Å². The molecule has 84 valence electrons. The van der Waals surface area contributed by atoms with E-state index in [1.165, 1.54) is 11.3 Å². The van der Waals surface area contributed by atoms with E-state index in [1.54, 1.807) is 0 Å². The molecule has 0 spiro atoms. The van der Waals surface area contributed by atoms with Crippen molar-refractivity contribution in [2.24, 2.45) is 0 Å². The maximum atomic E-state index is 6.20. The van der Waals surface area contributed by atoms with Crippen LogP contribution in [0.4, 0.5) is 0 Å². The largest absolute Gasteiger partial charge is 0.330 e. The third-order valence-corrected chi connectivity index (χ3v) is 3.25. The van der Waals surface area contributed by atoms with E-state index in [9.17, 15) is 0 Å². The molecule has 0 amide bonds. The fourth-order valence-electron chi connectivity index (χ4n) is 1.67. The molecule has 1 heterocycles. The van der Waals surface area contributed by atoms with Crippen LogP contribution in [0.3, 0.4) is 0 Å². The summed E-state index contributed by atoms with van der Waals surface area (Å²) in [7, 11) is 0. The second kappa shape index (κ2) is 4.30. The lowest BCUT2D eigenvalue weighted by Gasteiger charge is -2.08. The molecule has 0 unspecified atom stereocenters. The monoisotopic (exact) mass is 234 g/mol. The minimum absolute atomic E-state index is 0.784. The Morgan fingerprint density at radius 3 is 2.56 bits per heavy atom. The fourth-order valence-corrected chi connectivity index (χ4v) is 1.96. The van der Waals surface area contributed by atoms with Crippen molar-refractivity contribution >= 4 is 11.6 Å². The Kier molecular flexibility index (Phi) is 3.01. The molecule has 0 aliphatic carbocycles. The van der Waals surface area contributed by atoms with E-state index in [0.29, 0.717) is 0 Å². The average Bonchev–Trinajstić information content (AvgIpc) is 2.54. The van der Waals surface area contributed by atoms with Gasteiger partial charge in [0.1, 0.15) is 0 Å². The summed E-state index contributed by atoms with van der Waals surface area (Å²) in [6, 6.07) is 6.16. The summed E-state index contributed by atoms with van der Waals surface area (Å²) in [5.74, 6) is 0. The van der Waals surface area contributed by atoms with Crippen LogP contribution in [0.5, 0.6) is 0 Å². The molecule has 0 radical (unpaired) electrons. The summed E-state index contributed by atoms with van der Waals surface area (Å²) in [5, 5.41) is 0.825. The lowest BCUT2D eigenvalue weighted by Crippen LogP contribution is -2.01. The zero-order valence-electron chi connectivity index (χ0n) is 9.79. The Morgan fingerprint density at radius 1 is 1.25 bits per heavy atom. The highest BCUT2D eigenvalue weighted by molar-refractivity contribution is 6.31. The van der Waals surface area contributed by atoms with Crippen LogP contribution >= 0.6 is 11.6 Å². The maximum Gasteiger partial charge on any atom is 0.0954 e. The number of aryl methyl sites for hydroxylation is 2. The normalized spacial score (nSPS) is 10.8. The van der Waals surface area contributed by atoms with Gasteiger partial charge >= 0.3 is 0 Å². The Hall–Kier alpha value is -1.28. The quantitative estimate of drug-likeness (QED) is 0.778. The van der Waals surface area contributed by atoms with Gasteiger partial charge in [0.15, 0.2) is 0 Å². The van der Waals surface area contributed by atoms with E-state index < -0.39 is 0 Å². The van der Waals surface area contributed by atoms with Gasteiger partial charge in [-0.15, -0.1) is 0 Å². The first-order valence-electron chi connectivity index (χ1n) is 5.31. The Balaban J connectivity index is 2.30. The molecule has 3 heteroatoms. The van der Waals surface area contributed by atoms with Gasteiger partial charge < -0.3 is 4.57 Å². The lowest BCUT2D eigenvalue weighted by molar-refractivity contribution is 0.768. The van der Waals surface area contributed by atoms with E-state index in [2.05, 4.69) is 28.6 Å². The summed E-state index contributed by atoms with van der Waals surface area (Å²) < 4.78 is 2.12. The number of benzene rings is 1. The van der Waals surface area contributed by atoms with Gasteiger partial charge in [-0.2, -0.15) is 0 Å². The minimum Gasteiger partial charge on any atom is -0.330 e. The third-order valence-electron chi connectivity index (χ3n) is 2.89. The second-order valence-electron chi connectivity index (χ2n) is 4.14. The third kappa shape index (κ3) is 2.12. The molecule has 0 saturated heterocycles. The van der Waals surface area contributed by atoms with Gasteiger partial charge in [0.2, 0.25) is 0 Å². The van der Waals surface area contributed by atoms with Crippen molar-refractivity contribution in [1.82, 2.24) is 9.55 Å². The second-order valence-corrected chi connectivity index (χ2v) is 4.55. The smallest absolute Gasteiger partial charge is 0.0954 e. The van der Waals surface area contributed by atoms with Gasteiger partial charge in [-0.25, -0.2) is 4.98 Å². The molecule has 1 aromatic carbocycles. The number of halogens is 1. The van der Waals surface area contributed by atoms with Crippen molar-refractivity contribution in [2.45, 2.75) is 27.3 Å². The van der Waals surface area contributed by atoms with Crippen LogP contribution in [-0.2, 0) is 6.54 Å². The van der Waals surface area contributed by atoms with Crippen LogP contribution in [0.2, 0.25) is 5.02 Å². The van der Waals surface area contributed by atoms with E-state index >= 15 is 0 Å². The number of aromatic nitrogens is 2. The van der Waals surface area contributed by atoms with Crippen LogP contribution in [0.25, 0.3) is 0 Å². The van der Waals surface area contributed by atoms with Gasteiger partial charge in [0.05, 0.1) is 18.6 Å². The molecule has 16 heavy (non-hydrogen) atoms. The SMILES string of the molecule is Cc1ccc(Cn2cnc(C)c2C)c(Cl)c1. The van der Waals surface area contributed by atoms with E-state index in [0.717, 1.165) is 22.8 Å². The van der Waals surface area contributed by atoms with Crippen LogP contribution in [0.1, 0.15) is 22.5 Å². The molecule has 0 fully saturated rings. The predicted octanol–water partition coefficient (Wildman–Crippen LogP) is 3.51. The van der Waals surface area contributed by atoms with Crippen molar-refractivity contribution < 1.29 is 0 Å². The van der Waals surface area contributed by atoms with Crippen molar-refractivity contribution in [3.8, 4) is 0 Å². The van der Waals surface area contributed by atoms with Crippen LogP contribution in [0.15, 0.2) is 24.5 Å². The molecule has 0 aliphatic rings. The first-order valence-corrected chi connectivity index (χ1v) is 5.69. The number of hydrogen-bond donors (Lipinski definition) is 0. The molecule has 0 bridgehead atoms. The van der Waals surface area contributed by atoms with Gasteiger partial charge in [-0.05, 0) is 38.0 Å². The van der Waals surface area contributed by atoms with E-state index in [-0.39, 0.29) is 0 Å². The molecule has 0 aliphatic heterocycles. The van der Waals surface area contributed by atoms with Crippen LogP contribution in [0, 0.1) is 20.8 Å². The molecule has 0 N–H and O–H groups in total. The summed E-state index contributed by atoms with van der Waals surface area (Å²) in [6.45, 7) is 6.92.